The van der Waals surface area contributed by atoms with E-state index in [1.54, 1.807) is 6.07 Å². The summed E-state index contributed by atoms with van der Waals surface area (Å²) < 4.78 is 0. The molecule has 76 valence electrons. The predicted octanol–water partition coefficient (Wildman–Crippen LogP) is 0.647. The molecule has 0 bridgehead atoms. The summed E-state index contributed by atoms with van der Waals surface area (Å²) in [4.78, 5) is 7.71. The molecular formula is C8H11ClN4O. The third-order valence-corrected chi connectivity index (χ3v) is 2.37. The molecule has 14 heavy (non-hydrogen) atoms. The van der Waals surface area contributed by atoms with Crippen LogP contribution in [0.3, 0.4) is 0 Å². The molecular weight excluding hydrogens is 204 g/mol. The monoisotopic (exact) mass is 214 g/mol. The second kappa shape index (κ2) is 3.59. The third-order valence-electron chi connectivity index (χ3n) is 2.18. The Labute approximate surface area is 86.3 Å². The van der Waals surface area contributed by atoms with Gasteiger partial charge in [-0.2, -0.15) is 4.98 Å². The molecule has 0 aliphatic heterocycles. The lowest BCUT2D eigenvalue weighted by atomic mass is 9.89. The molecule has 1 aliphatic rings. The lowest BCUT2D eigenvalue weighted by Crippen LogP contribution is -2.39. The summed E-state index contributed by atoms with van der Waals surface area (Å²) in [6.45, 7) is 0. The Morgan fingerprint density at radius 3 is 2.79 bits per heavy atom. The molecule has 0 radical (unpaired) electrons. The average molecular weight is 215 g/mol. The van der Waals surface area contributed by atoms with Gasteiger partial charge in [-0.3, -0.25) is 0 Å². The number of halogens is 1. The van der Waals surface area contributed by atoms with Crippen LogP contribution in [0.1, 0.15) is 12.8 Å². The van der Waals surface area contributed by atoms with Gasteiger partial charge in [0.05, 0.1) is 6.10 Å². The molecule has 6 heteroatoms. The van der Waals surface area contributed by atoms with Crippen molar-refractivity contribution in [3.63, 3.8) is 0 Å². The zero-order valence-corrected chi connectivity index (χ0v) is 8.20. The Kier molecular flexibility index (Phi) is 2.43. The van der Waals surface area contributed by atoms with Crippen LogP contribution in [0.5, 0.6) is 0 Å². The number of nitrogens with two attached hydrogens (primary N) is 1. The van der Waals surface area contributed by atoms with Gasteiger partial charge in [0, 0.05) is 12.1 Å². The summed E-state index contributed by atoms with van der Waals surface area (Å²) in [5.41, 5.74) is 5.43. The Morgan fingerprint density at radius 2 is 2.21 bits per heavy atom. The molecule has 0 spiro atoms. The molecule has 0 aromatic carbocycles. The van der Waals surface area contributed by atoms with Crippen LogP contribution in [0.4, 0.5) is 11.8 Å². The van der Waals surface area contributed by atoms with Crippen LogP contribution in [0.15, 0.2) is 6.07 Å². The number of nitrogens with zero attached hydrogens (tertiary/aromatic N) is 2. The zero-order valence-electron chi connectivity index (χ0n) is 7.44. The molecule has 4 N–H and O–H groups in total. The van der Waals surface area contributed by atoms with Crippen molar-refractivity contribution in [1.29, 1.82) is 0 Å². The van der Waals surface area contributed by atoms with E-state index in [1.165, 1.54) is 0 Å². The molecule has 1 aliphatic carbocycles. The first kappa shape index (κ1) is 9.48. The SMILES string of the molecule is Nc1nc(Cl)cc(NC2CC(O)C2)n1. The van der Waals surface area contributed by atoms with Gasteiger partial charge in [-0.15, -0.1) is 0 Å². The topological polar surface area (TPSA) is 84.1 Å². The molecule has 5 nitrogen and oxygen atoms in total. The van der Waals surface area contributed by atoms with Crippen molar-refractivity contribution in [2.75, 3.05) is 11.1 Å². The second-order valence-corrected chi connectivity index (χ2v) is 3.79. The van der Waals surface area contributed by atoms with Gasteiger partial charge in [0.1, 0.15) is 11.0 Å². The minimum Gasteiger partial charge on any atom is -0.393 e. The molecule has 1 aromatic heterocycles. The van der Waals surface area contributed by atoms with Crippen molar-refractivity contribution in [2.45, 2.75) is 25.0 Å². The molecule has 1 saturated carbocycles. The highest BCUT2D eigenvalue weighted by Gasteiger charge is 2.27. The third kappa shape index (κ3) is 2.05. The summed E-state index contributed by atoms with van der Waals surface area (Å²) in [5, 5.41) is 12.5. The van der Waals surface area contributed by atoms with Crippen molar-refractivity contribution in [2.24, 2.45) is 0 Å². The van der Waals surface area contributed by atoms with Gasteiger partial charge < -0.3 is 16.2 Å². The Hall–Kier alpha value is -1.07. The largest absolute Gasteiger partial charge is 0.393 e. The number of nitrogen functional groups attached to an aromatic ring is 1. The standard InChI is InChI=1S/C8H11ClN4O/c9-6-3-7(13-8(10)12-6)11-4-1-5(14)2-4/h3-5,14H,1-2H2,(H3,10,11,12,13). The first-order chi connectivity index (χ1) is 6.63. The highest BCUT2D eigenvalue weighted by molar-refractivity contribution is 6.29. The summed E-state index contributed by atoms with van der Waals surface area (Å²) >= 11 is 5.70. The maximum atomic E-state index is 9.08. The number of aliphatic hydroxyl groups excluding tert-OH is 1. The number of anilines is 2. The Morgan fingerprint density at radius 1 is 1.50 bits per heavy atom. The van der Waals surface area contributed by atoms with Crippen LogP contribution < -0.4 is 11.1 Å². The molecule has 2 rings (SSSR count). The van der Waals surface area contributed by atoms with E-state index < -0.39 is 0 Å². The fourth-order valence-corrected chi connectivity index (χ4v) is 1.61. The number of hydrogen-bond donors (Lipinski definition) is 3. The van der Waals surface area contributed by atoms with Crippen LogP contribution in [-0.2, 0) is 0 Å². The number of aliphatic hydroxyl groups is 1. The Balaban J connectivity index is 2.02. The quantitative estimate of drug-likeness (QED) is 0.630. The summed E-state index contributed by atoms with van der Waals surface area (Å²) in [6.07, 6.45) is 1.28. The first-order valence-corrected chi connectivity index (χ1v) is 4.76. The van der Waals surface area contributed by atoms with E-state index in [2.05, 4.69) is 15.3 Å². The van der Waals surface area contributed by atoms with Gasteiger partial charge >= 0.3 is 0 Å². The van der Waals surface area contributed by atoms with Crippen LogP contribution in [-0.4, -0.2) is 27.2 Å². The van der Waals surface area contributed by atoms with E-state index in [4.69, 9.17) is 22.4 Å². The van der Waals surface area contributed by atoms with Gasteiger partial charge in [-0.1, -0.05) is 11.6 Å². The summed E-state index contributed by atoms with van der Waals surface area (Å²) in [7, 11) is 0. The summed E-state index contributed by atoms with van der Waals surface area (Å²) in [6, 6.07) is 1.87. The second-order valence-electron chi connectivity index (χ2n) is 3.40. The lowest BCUT2D eigenvalue weighted by Gasteiger charge is -2.32. The van der Waals surface area contributed by atoms with E-state index in [0.29, 0.717) is 11.0 Å². The smallest absolute Gasteiger partial charge is 0.223 e. The maximum absolute atomic E-state index is 9.08. The normalized spacial score (nSPS) is 25.6. The van der Waals surface area contributed by atoms with Gasteiger partial charge in [-0.25, -0.2) is 4.98 Å². The van der Waals surface area contributed by atoms with Gasteiger partial charge in [0.25, 0.3) is 0 Å². The number of hydrogen-bond acceptors (Lipinski definition) is 5. The fraction of sp³-hybridized carbons (Fsp3) is 0.500. The molecule has 1 heterocycles. The molecule has 1 aromatic rings. The van der Waals surface area contributed by atoms with Crippen molar-refractivity contribution in [3.05, 3.63) is 11.2 Å². The highest BCUT2D eigenvalue weighted by atomic mass is 35.5. The van der Waals surface area contributed by atoms with E-state index in [1.807, 2.05) is 0 Å². The van der Waals surface area contributed by atoms with E-state index in [9.17, 15) is 0 Å². The molecule has 0 saturated heterocycles. The van der Waals surface area contributed by atoms with Crippen molar-refractivity contribution < 1.29 is 5.11 Å². The predicted molar refractivity (Wildman–Crippen MR) is 54.1 cm³/mol. The average Bonchev–Trinajstić information content (AvgIpc) is 1.99. The van der Waals surface area contributed by atoms with E-state index in [0.717, 1.165) is 12.8 Å². The van der Waals surface area contributed by atoms with Crippen LogP contribution in [0.25, 0.3) is 0 Å². The van der Waals surface area contributed by atoms with Gasteiger partial charge in [0.2, 0.25) is 5.95 Å². The van der Waals surface area contributed by atoms with Gasteiger partial charge in [-0.05, 0) is 12.8 Å². The van der Waals surface area contributed by atoms with Crippen molar-refractivity contribution in [3.8, 4) is 0 Å². The molecule has 0 atom stereocenters. The molecule has 0 unspecified atom stereocenters. The number of nitrogens with one attached hydrogen (secondary N) is 1. The van der Waals surface area contributed by atoms with Crippen LogP contribution in [0, 0.1) is 0 Å². The molecule has 0 amide bonds. The fourth-order valence-electron chi connectivity index (χ4n) is 1.42. The van der Waals surface area contributed by atoms with E-state index in [-0.39, 0.29) is 18.1 Å². The number of rotatable bonds is 2. The Bertz CT molecular complexity index is 320. The van der Waals surface area contributed by atoms with E-state index >= 15 is 0 Å². The van der Waals surface area contributed by atoms with Crippen LogP contribution in [0.2, 0.25) is 5.15 Å². The summed E-state index contributed by atoms with van der Waals surface area (Å²) in [5.74, 6) is 0.763. The maximum Gasteiger partial charge on any atom is 0.223 e. The number of aromatic nitrogens is 2. The molecule has 1 fully saturated rings. The minimum atomic E-state index is -0.192. The zero-order chi connectivity index (χ0) is 10.1. The lowest BCUT2D eigenvalue weighted by molar-refractivity contribution is 0.0835. The first-order valence-electron chi connectivity index (χ1n) is 4.38. The van der Waals surface area contributed by atoms with Crippen LogP contribution >= 0.6 is 11.6 Å². The van der Waals surface area contributed by atoms with Gasteiger partial charge in [0.15, 0.2) is 0 Å². The minimum absolute atomic E-state index is 0.153. The van der Waals surface area contributed by atoms with Crippen molar-refractivity contribution in [1.82, 2.24) is 9.97 Å². The highest BCUT2D eigenvalue weighted by Crippen LogP contribution is 2.24. The van der Waals surface area contributed by atoms with Crippen molar-refractivity contribution >= 4 is 23.4 Å².